The zero-order valence-corrected chi connectivity index (χ0v) is 11.1. The van der Waals surface area contributed by atoms with Crippen molar-refractivity contribution in [2.45, 2.75) is 45.1 Å². The Labute approximate surface area is 104 Å². The van der Waals surface area contributed by atoms with Crippen molar-refractivity contribution < 1.29 is 0 Å². The predicted molar refractivity (Wildman–Crippen MR) is 74.0 cm³/mol. The minimum atomic E-state index is 0.555. The smallest absolute Gasteiger partial charge is 0.0412 e. The second-order valence-corrected chi connectivity index (χ2v) is 5.05. The van der Waals surface area contributed by atoms with Crippen LogP contribution >= 0.6 is 11.3 Å². The normalized spacial score (nSPS) is 12.6. The van der Waals surface area contributed by atoms with Gasteiger partial charge in [0.05, 0.1) is 0 Å². The summed E-state index contributed by atoms with van der Waals surface area (Å²) in [4.78, 5) is 1.47. The maximum absolute atomic E-state index is 3.74. The van der Waals surface area contributed by atoms with E-state index in [1.807, 2.05) is 17.4 Å². The molecule has 0 aliphatic rings. The second kappa shape index (κ2) is 8.54. The van der Waals surface area contributed by atoms with E-state index in [9.17, 15) is 0 Å². The van der Waals surface area contributed by atoms with E-state index in [2.05, 4.69) is 36.3 Å². The summed E-state index contributed by atoms with van der Waals surface area (Å²) in [5, 5.41) is 5.79. The lowest BCUT2D eigenvalue weighted by molar-refractivity contribution is 0.505. The van der Waals surface area contributed by atoms with Crippen LogP contribution in [0.2, 0.25) is 0 Å². The highest BCUT2D eigenvalue weighted by Gasteiger charge is 2.08. The number of thiophene rings is 1. The first kappa shape index (κ1) is 13.5. The molecule has 1 N–H and O–H groups in total. The van der Waals surface area contributed by atoms with E-state index in [1.165, 1.54) is 30.6 Å². The molecule has 0 radical (unpaired) electrons. The molecular formula is C14H23NS. The highest BCUT2D eigenvalue weighted by atomic mass is 32.1. The number of allylic oxidation sites excluding steroid dienone is 1. The number of hydrogen-bond donors (Lipinski definition) is 1. The van der Waals surface area contributed by atoms with Crippen molar-refractivity contribution in [2.24, 2.45) is 0 Å². The first-order valence-electron chi connectivity index (χ1n) is 6.26. The number of unbranched alkanes of at least 4 members (excludes halogenated alkanes) is 3. The first-order valence-corrected chi connectivity index (χ1v) is 7.14. The van der Waals surface area contributed by atoms with Crippen molar-refractivity contribution in [3.63, 3.8) is 0 Å². The Bertz CT molecular complexity index is 266. The van der Waals surface area contributed by atoms with Gasteiger partial charge in [0, 0.05) is 10.9 Å². The summed E-state index contributed by atoms with van der Waals surface area (Å²) in [5.41, 5.74) is 0. The van der Waals surface area contributed by atoms with Crippen LogP contribution in [0, 0.1) is 0 Å². The fraction of sp³-hybridized carbons (Fsp3) is 0.571. The van der Waals surface area contributed by atoms with Gasteiger partial charge in [0.1, 0.15) is 0 Å². The van der Waals surface area contributed by atoms with Gasteiger partial charge in [-0.1, -0.05) is 25.5 Å². The molecule has 0 saturated heterocycles. The molecule has 2 heteroatoms. The van der Waals surface area contributed by atoms with Gasteiger partial charge in [-0.15, -0.1) is 17.9 Å². The van der Waals surface area contributed by atoms with Crippen molar-refractivity contribution in [1.82, 2.24) is 5.32 Å². The van der Waals surface area contributed by atoms with Crippen LogP contribution in [0.1, 0.15) is 49.9 Å². The average Bonchev–Trinajstić information content (AvgIpc) is 2.82. The maximum Gasteiger partial charge on any atom is 0.0412 e. The van der Waals surface area contributed by atoms with Gasteiger partial charge in [0.2, 0.25) is 0 Å². The Morgan fingerprint density at radius 2 is 2.31 bits per heavy atom. The van der Waals surface area contributed by atoms with Crippen LogP contribution in [0.15, 0.2) is 30.2 Å². The molecule has 1 unspecified atom stereocenters. The van der Waals surface area contributed by atoms with Crippen LogP contribution in [0.3, 0.4) is 0 Å². The average molecular weight is 237 g/mol. The summed E-state index contributed by atoms with van der Waals surface area (Å²) in [7, 11) is 0. The molecule has 1 heterocycles. The third-order valence-corrected chi connectivity index (χ3v) is 3.76. The second-order valence-electron chi connectivity index (χ2n) is 4.07. The first-order chi connectivity index (χ1) is 7.88. The molecule has 0 aliphatic heterocycles. The van der Waals surface area contributed by atoms with Gasteiger partial charge in [-0.2, -0.15) is 0 Å². The van der Waals surface area contributed by atoms with E-state index in [0.29, 0.717) is 6.04 Å². The fourth-order valence-electron chi connectivity index (χ4n) is 1.80. The molecule has 1 nitrogen and oxygen atoms in total. The largest absolute Gasteiger partial charge is 0.309 e. The molecule has 0 spiro atoms. The Morgan fingerprint density at radius 3 is 2.94 bits per heavy atom. The van der Waals surface area contributed by atoms with E-state index in [0.717, 1.165) is 13.0 Å². The van der Waals surface area contributed by atoms with Crippen molar-refractivity contribution in [1.29, 1.82) is 0 Å². The lowest BCUT2D eigenvalue weighted by Crippen LogP contribution is -2.20. The Balaban J connectivity index is 2.13. The third-order valence-electron chi connectivity index (χ3n) is 2.77. The van der Waals surface area contributed by atoms with Crippen LogP contribution < -0.4 is 5.32 Å². The summed E-state index contributed by atoms with van der Waals surface area (Å²) in [6, 6.07) is 4.91. The molecule has 1 rings (SSSR count). The van der Waals surface area contributed by atoms with Gasteiger partial charge in [-0.25, -0.2) is 0 Å². The summed E-state index contributed by atoms with van der Waals surface area (Å²) in [6.45, 7) is 7.12. The van der Waals surface area contributed by atoms with Crippen molar-refractivity contribution in [3.8, 4) is 0 Å². The molecule has 0 aromatic carbocycles. The zero-order valence-electron chi connectivity index (χ0n) is 10.2. The number of rotatable bonds is 9. The minimum Gasteiger partial charge on any atom is -0.309 e. The van der Waals surface area contributed by atoms with E-state index in [4.69, 9.17) is 0 Å². The van der Waals surface area contributed by atoms with E-state index in [-0.39, 0.29) is 0 Å². The van der Waals surface area contributed by atoms with Gasteiger partial charge in [0.15, 0.2) is 0 Å². The molecule has 1 aromatic heterocycles. The van der Waals surface area contributed by atoms with E-state index >= 15 is 0 Å². The molecule has 1 atom stereocenters. The third kappa shape index (κ3) is 4.95. The number of nitrogens with one attached hydrogen (secondary N) is 1. The molecule has 0 amide bonds. The number of hydrogen-bond acceptors (Lipinski definition) is 2. The monoisotopic (exact) mass is 237 g/mol. The van der Waals surface area contributed by atoms with Crippen LogP contribution in [0.25, 0.3) is 0 Å². The molecule has 0 saturated carbocycles. The molecule has 90 valence electrons. The summed E-state index contributed by atoms with van der Waals surface area (Å²) in [5.74, 6) is 0. The highest BCUT2D eigenvalue weighted by Crippen LogP contribution is 2.21. The fourth-order valence-corrected chi connectivity index (χ4v) is 2.69. The summed E-state index contributed by atoms with van der Waals surface area (Å²) in [6.07, 6.45) is 8.19. The predicted octanol–water partition coefficient (Wildman–Crippen LogP) is 4.54. The summed E-state index contributed by atoms with van der Waals surface area (Å²) >= 11 is 1.85. The van der Waals surface area contributed by atoms with Crippen LogP contribution in [0.5, 0.6) is 0 Å². The zero-order chi connectivity index (χ0) is 11.6. The maximum atomic E-state index is 3.74. The van der Waals surface area contributed by atoms with Gasteiger partial charge in [-0.05, 0) is 43.7 Å². The Morgan fingerprint density at radius 1 is 1.44 bits per heavy atom. The summed E-state index contributed by atoms with van der Waals surface area (Å²) < 4.78 is 0. The van der Waals surface area contributed by atoms with Crippen molar-refractivity contribution >= 4 is 11.3 Å². The minimum absolute atomic E-state index is 0.555. The quantitative estimate of drug-likeness (QED) is 0.491. The van der Waals surface area contributed by atoms with Crippen molar-refractivity contribution in [3.05, 3.63) is 35.0 Å². The SMILES string of the molecule is C=CCCCCCNC(CC)c1cccs1. The Kier molecular flexibility index (Phi) is 7.19. The molecule has 1 aromatic rings. The van der Waals surface area contributed by atoms with E-state index < -0.39 is 0 Å². The lowest BCUT2D eigenvalue weighted by atomic mass is 10.1. The van der Waals surface area contributed by atoms with Gasteiger partial charge < -0.3 is 5.32 Å². The molecule has 0 fully saturated rings. The molecular weight excluding hydrogens is 214 g/mol. The topological polar surface area (TPSA) is 12.0 Å². The molecule has 0 aliphatic carbocycles. The van der Waals surface area contributed by atoms with Crippen LogP contribution in [-0.2, 0) is 0 Å². The van der Waals surface area contributed by atoms with Gasteiger partial charge in [0.25, 0.3) is 0 Å². The van der Waals surface area contributed by atoms with Crippen LogP contribution in [-0.4, -0.2) is 6.54 Å². The van der Waals surface area contributed by atoms with E-state index in [1.54, 1.807) is 0 Å². The standard InChI is InChI=1S/C14H23NS/c1-3-5-6-7-8-11-15-13(4-2)14-10-9-12-16-14/h3,9-10,12-13,15H,1,4-8,11H2,2H3. The Hall–Kier alpha value is -0.600. The van der Waals surface area contributed by atoms with Gasteiger partial charge >= 0.3 is 0 Å². The molecule has 0 bridgehead atoms. The van der Waals surface area contributed by atoms with Gasteiger partial charge in [-0.3, -0.25) is 0 Å². The highest BCUT2D eigenvalue weighted by molar-refractivity contribution is 7.10. The lowest BCUT2D eigenvalue weighted by Gasteiger charge is -2.15. The van der Waals surface area contributed by atoms with Crippen LogP contribution in [0.4, 0.5) is 0 Å². The van der Waals surface area contributed by atoms with Crippen molar-refractivity contribution in [2.75, 3.05) is 6.54 Å². The molecule has 16 heavy (non-hydrogen) atoms.